The Morgan fingerprint density at radius 2 is 1.84 bits per heavy atom. The Morgan fingerprint density at radius 1 is 1.16 bits per heavy atom. The van der Waals surface area contributed by atoms with Gasteiger partial charge in [-0.05, 0) is 40.3 Å². The number of para-hydroxylation sites is 1. The maximum Gasteiger partial charge on any atom is 0.170 e. The van der Waals surface area contributed by atoms with Crippen molar-refractivity contribution >= 4 is 34.1 Å². The molecule has 19 heavy (non-hydrogen) atoms. The largest absolute Gasteiger partial charge is 0.409 e. The number of nitrogens with two attached hydrogens (primary N) is 1. The number of hydrogen-bond donors (Lipinski definition) is 3. The molecule has 0 saturated carbocycles. The molecule has 2 rings (SSSR count). The van der Waals surface area contributed by atoms with Gasteiger partial charge in [-0.25, -0.2) is 0 Å². The molecule has 2 aromatic carbocycles. The number of hydrogen-bond acceptors (Lipinski definition) is 3. The first kappa shape index (κ1) is 13.7. The predicted octanol–water partition coefficient (Wildman–Crippen LogP) is 3.00. The third-order valence-electron chi connectivity index (χ3n) is 2.74. The van der Waals surface area contributed by atoms with Gasteiger partial charge in [0, 0.05) is 21.4 Å². The molecule has 5 heteroatoms. The molecule has 2 aromatic rings. The van der Waals surface area contributed by atoms with Crippen molar-refractivity contribution in [1.29, 1.82) is 0 Å². The van der Waals surface area contributed by atoms with Crippen LogP contribution in [0, 0.1) is 3.57 Å². The summed E-state index contributed by atoms with van der Waals surface area (Å²) in [7, 11) is 0. The van der Waals surface area contributed by atoms with Crippen LogP contribution < -0.4 is 11.1 Å². The van der Waals surface area contributed by atoms with Gasteiger partial charge in [0.05, 0.1) is 0 Å². The fourth-order valence-corrected chi connectivity index (χ4v) is 2.35. The molecule has 4 nitrogen and oxygen atoms in total. The number of amidine groups is 1. The zero-order valence-electron chi connectivity index (χ0n) is 10.2. The second-order valence-corrected chi connectivity index (χ2v) is 5.14. The van der Waals surface area contributed by atoms with E-state index in [1.807, 2.05) is 48.5 Å². The summed E-state index contributed by atoms with van der Waals surface area (Å²) in [5, 5.41) is 15.2. The van der Waals surface area contributed by atoms with Crippen molar-refractivity contribution in [3.8, 4) is 0 Å². The first-order chi connectivity index (χ1) is 9.22. The van der Waals surface area contributed by atoms with E-state index < -0.39 is 0 Å². The van der Waals surface area contributed by atoms with E-state index in [0.717, 1.165) is 20.4 Å². The summed E-state index contributed by atoms with van der Waals surface area (Å²) in [6, 6.07) is 15.6. The minimum atomic E-state index is 0.125. The third-order valence-corrected chi connectivity index (χ3v) is 3.68. The van der Waals surface area contributed by atoms with Crippen molar-refractivity contribution in [3.05, 3.63) is 63.2 Å². The topological polar surface area (TPSA) is 70.6 Å². The summed E-state index contributed by atoms with van der Waals surface area (Å²) in [5.41, 5.74) is 8.45. The highest BCUT2D eigenvalue weighted by Crippen LogP contribution is 2.18. The average Bonchev–Trinajstić information content (AvgIpc) is 2.46. The van der Waals surface area contributed by atoms with Crippen molar-refractivity contribution in [1.82, 2.24) is 0 Å². The Morgan fingerprint density at radius 3 is 2.58 bits per heavy atom. The Kier molecular flexibility index (Phi) is 4.62. The highest BCUT2D eigenvalue weighted by Gasteiger charge is 2.06. The van der Waals surface area contributed by atoms with Gasteiger partial charge in [-0.1, -0.05) is 41.6 Å². The molecule has 0 aliphatic carbocycles. The maximum atomic E-state index is 8.78. The lowest BCUT2D eigenvalue weighted by Crippen LogP contribution is -2.16. The number of oxime groups is 1. The number of nitrogens with zero attached hydrogens (tertiary/aromatic N) is 1. The van der Waals surface area contributed by atoms with Crippen LogP contribution in [0.15, 0.2) is 53.7 Å². The summed E-state index contributed by atoms with van der Waals surface area (Å²) in [5.74, 6) is 0.125. The normalized spacial score (nSPS) is 11.3. The number of benzene rings is 2. The molecule has 0 aromatic heterocycles. The summed E-state index contributed by atoms with van der Waals surface area (Å²) in [6.45, 7) is 0.617. The molecule has 4 N–H and O–H groups in total. The third kappa shape index (κ3) is 3.37. The molecular weight excluding hydrogens is 353 g/mol. The quantitative estimate of drug-likeness (QED) is 0.256. The van der Waals surface area contributed by atoms with E-state index in [-0.39, 0.29) is 5.84 Å². The van der Waals surface area contributed by atoms with E-state index >= 15 is 0 Å². The first-order valence-corrected chi connectivity index (χ1v) is 6.84. The van der Waals surface area contributed by atoms with Crippen LogP contribution in [-0.4, -0.2) is 11.0 Å². The molecule has 0 amide bonds. The van der Waals surface area contributed by atoms with Gasteiger partial charge in [0.15, 0.2) is 5.84 Å². The lowest BCUT2D eigenvalue weighted by atomic mass is 10.1. The zero-order valence-corrected chi connectivity index (χ0v) is 12.3. The van der Waals surface area contributed by atoms with E-state index in [0.29, 0.717) is 6.54 Å². The van der Waals surface area contributed by atoms with E-state index in [1.165, 1.54) is 0 Å². The van der Waals surface area contributed by atoms with Crippen molar-refractivity contribution in [2.75, 3.05) is 5.32 Å². The van der Waals surface area contributed by atoms with Crippen molar-refractivity contribution in [3.63, 3.8) is 0 Å². The van der Waals surface area contributed by atoms with Gasteiger partial charge in [0.25, 0.3) is 0 Å². The predicted molar refractivity (Wildman–Crippen MR) is 85.4 cm³/mol. The number of anilines is 1. The van der Waals surface area contributed by atoms with Crippen molar-refractivity contribution in [2.24, 2.45) is 10.9 Å². The summed E-state index contributed by atoms with van der Waals surface area (Å²) in [4.78, 5) is 0. The molecule has 0 aliphatic rings. The summed E-state index contributed by atoms with van der Waals surface area (Å²) < 4.78 is 1.15. The van der Waals surface area contributed by atoms with Crippen LogP contribution in [0.25, 0.3) is 0 Å². The van der Waals surface area contributed by atoms with Gasteiger partial charge in [-0.15, -0.1) is 0 Å². The lowest BCUT2D eigenvalue weighted by Gasteiger charge is -2.11. The standard InChI is InChI=1S/C14H14IN3O/c15-12-7-3-4-8-13(12)17-9-10-5-1-2-6-11(10)14(16)18-19/h1-8,17,19H,9H2,(H2,16,18). The summed E-state index contributed by atoms with van der Waals surface area (Å²) >= 11 is 2.28. The number of nitrogens with one attached hydrogen (secondary N) is 1. The second kappa shape index (κ2) is 6.42. The van der Waals surface area contributed by atoms with E-state index in [4.69, 9.17) is 10.9 Å². The van der Waals surface area contributed by atoms with Gasteiger partial charge in [0.2, 0.25) is 0 Å². The second-order valence-electron chi connectivity index (χ2n) is 3.98. The number of halogens is 1. The molecule has 0 unspecified atom stereocenters. The van der Waals surface area contributed by atoms with Crippen LogP contribution in [-0.2, 0) is 6.54 Å². The Hall–Kier alpha value is -1.76. The van der Waals surface area contributed by atoms with Crippen LogP contribution in [0.2, 0.25) is 0 Å². The van der Waals surface area contributed by atoms with Gasteiger partial charge in [-0.3, -0.25) is 0 Å². The van der Waals surface area contributed by atoms with Crippen molar-refractivity contribution in [2.45, 2.75) is 6.54 Å². The molecule has 98 valence electrons. The van der Waals surface area contributed by atoms with Crippen LogP contribution in [0.3, 0.4) is 0 Å². The highest BCUT2D eigenvalue weighted by atomic mass is 127. The van der Waals surface area contributed by atoms with Crippen LogP contribution in [0.1, 0.15) is 11.1 Å². The maximum absolute atomic E-state index is 8.78. The molecule has 0 atom stereocenters. The lowest BCUT2D eigenvalue weighted by molar-refractivity contribution is 0.318. The highest BCUT2D eigenvalue weighted by molar-refractivity contribution is 14.1. The van der Waals surface area contributed by atoms with Gasteiger partial charge < -0.3 is 16.3 Å². The summed E-state index contributed by atoms with van der Waals surface area (Å²) in [6.07, 6.45) is 0. The van der Waals surface area contributed by atoms with E-state index in [1.54, 1.807) is 0 Å². The minimum Gasteiger partial charge on any atom is -0.409 e. The molecular formula is C14H14IN3O. The Labute approximate surface area is 125 Å². The first-order valence-electron chi connectivity index (χ1n) is 5.76. The van der Waals surface area contributed by atoms with Crippen LogP contribution >= 0.6 is 22.6 Å². The van der Waals surface area contributed by atoms with Gasteiger partial charge in [0.1, 0.15) is 0 Å². The van der Waals surface area contributed by atoms with E-state index in [9.17, 15) is 0 Å². The fourth-order valence-electron chi connectivity index (χ4n) is 1.77. The molecule has 0 saturated heterocycles. The zero-order chi connectivity index (χ0) is 13.7. The Balaban J connectivity index is 2.19. The molecule has 0 aliphatic heterocycles. The number of rotatable bonds is 4. The van der Waals surface area contributed by atoms with Crippen LogP contribution in [0.5, 0.6) is 0 Å². The average molecular weight is 367 g/mol. The monoisotopic (exact) mass is 367 g/mol. The minimum absolute atomic E-state index is 0.125. The van der Waals surface area contributed by atoms with Crippen molar-refractivity contribution < 1.29 is 5.21 Å². The smallest absolute Gasteiger partial charge is 0.170 e. The Bertz CT molecular complexity index is 599. The molecule has 0 spiro atoms. The molecule has 0 bridgehead atoms. The van der Waals surface area contributed by atoms with Gasteiger partial charge >= 0.3 is 0 Å². The van der Waals surface area contributed by atoms with E-state index in [2.05, 4.69) is 33.1 Å². The molecule has 0 heterocycles. The van der Waals surface area contributed by atoms with Crippen LogP contribution in [0.4, 0.5) is 5.69 Å². The van der Waals surface area contributed by atoms with Gasteiger partial charge in [-0.2, -0.15) is 0 Å². The fraction of sp³-hybridized carbons (Fsp3) is 0.0714. The SMILES string of the molecule is NC(=NO)c1ccccc1CNc1ccccc1I. The molecule has 0 radical (unpaired) electrons. The molecule has 0 fully saturated rings.